The number of aromatic nitrogens is 2. The first kappa shape index (κ1) is 22.5. The molecule has 1 aliphatic carbocycles. The fourth-order valence-electron chi connectivity index (χ4n) is 5.76. The molecule has 7 nitrogen and oxygen atoms in total. The maximum atomic E-state index is 13.3. The van der Waals surface area contributed by atoms with E-state index in [1.54, 1.807) is 0 Å². The van der Waals surface area contributed by atoms with Gasteiger partial charge in [-0.25, -0.2) is 9.97 Å². The second kappa shape index (κ2) is 9.55. The summed E-state index contributed by atoms with van der Waals surface area (Å²) in [5, 5.41) is 7.71. The summed E-state index contributed by atoms with van der Waals surface area (Å²) in [6.45, 7) is 11.0. The van der Waals surface area contributed by atoms with E-state index >= 15 is 0 Å². The van der Waals surface area contributed by atoms with Crippen LogP contribution in [0.4, 0.5) is 5.82 Å². The Balaban J connectivity index is 1.44. The van der Waals surface area contributed by atoms with Gasteiger partial charge in [-0.1, -0.05) is 32.9 Å². The molecular weight excluding hydrogens is 412 g/mol. The van der Waals surface area contributed by atoms with Crippen molar-refractivity contribution in [2.45, 2.75) is 71.1 Å². The standard InChI is InChI=1S/C26H38N6O/c1-17(2)24-26(33)27-14-20-15-31(19-10-8-18(3)9-11-19)12-13-32(20)16-23-28-22-7-5-4-6-21(22)25(29-23)30-24/h4-7,17-20,24H,8-16H2,1-3H3,(H,27,33)(H,28,29,30)/t18?,19?,20?,24-/m0/s1. The van der Waals surface area contributed by atoms with E-state index in [1.165, 1.54) is 25.7 Å². The molecule has 0 spiro atoms. The van der Waals surface area contributed by atoms with Gasteiger partial charge in [-0.2, -0.15) is 0 Å². The van der Waals surface area contributed by atoms with Gasteiger partial charge in [-0.05, 0) is 49.7 Å². The minimum absolute atomic E-state index is 0.0553. The minimum Gasteiger partial charge on any atom is -0.358 e. The summed E-state index contributed by atoms with van der Waals surface area (Å²) in [6.07, 6.45) is 5.27. The molecule has 2 N–H and O–H groups in total. The van der Waals surface area contributed by atoms with Gasteiger partial charge < -0.3 is 10.6 Å². The summed E-state index contributed by atoms with van der Waals surface area (Å²) < 4.78 is 0. The predicted molar refractivity (Wildman–Crippen MR) is 132 cm³/mol. The Labute approximate surface area is 197 Å². The number of amides is 1. The van der Waals surface area contributed by atoms with E-state index in [2.05, 4.69) is 41.2 Å². The lowest BCUT2D eigenvalue weighted by Crippen LogP contribution is -2.59. The molecule has 1 saturated heterocycles. The number of hydrogen-bond donors (Lipinski definition) is 2. The highest BCUT2D eigenvalue weighted by atomic mass is 16.2. The van der Waals surface area contributed by atoms with Crippen LogP contribution in [-0.4, -0.2) is 70.0 Å². The van der Waals surface area contributed by atoms with E-state index in [0.29, 0.717) is 19.1 Å². The maximum Gasteiger partial charge on any atom is 0.242 e. The number of piperazine rings is 1. The number of nitrogens with one attached hydrogen (secondary N) is 2. The monoisotopic (exact) mass is 450 g/mol. The zero-order valence-electron chi connectivity index (χ0n) is 20.3. The van der Waals surface area contributed by atoms with Gasteiger partial charge in [0.1, 0.15) is 17.7 Å². The van der Waals surface area contributed by atoms with Gasteiger partial charge in [-0.15, -0.1) is 0 Å². The smallest absolute Gasteiger partial charge is 0.242 e. The molecule has 3 heterocycles. The third-order valence-electron chi connectivity index (χ3n) is 7.89. The minimum atomic E-state index is -0.331. The Hall–Kier alpha value is -2.25. The highest BCUT2D eigenvalue weighted by molar-refractivity contribution is 5.92. The molecule has 2 bridgehead atoms. The second-order valence-corrected chi connectivity index (χ2v) is 10.6. The first-order chi connectivity index (χ1) is 16.0. The fraction of sp³-hybridized carbons (Fsp3) is 0.654. The third kappa shape index (κ3) is 4.85. The van der Waals surface area contributed by atoms with Gasteiger partial charge in [0.15, 0.2) is 0 Å². The van der Waals surface area contributed by atoms with E-state index in [-0.39, 0.29) is 23.9 Å². The number of carbonyl (C=O) groups is 1. The van der Waals surface area contributed by atoms with Crippen LogP contribution in [0.5, 0.6) is 0 Å². The van der Waals surface area contributed by atoms with Crippen LogP contribution in [0.3, 0.4) is 0 Å². The van der Waals surface area contributed by atoms with Crippen LogP contribution >= 0.6 is 0 Å². The SMILES string of the molecule is CC1CCC(N2CCN3Cc4nc(c5ccccc5n4)N[C@@H](C(C)C)C(=O)NCC3C2)CC1. The number of benzene rings is 1. The van der Waals surface area contributed by atoms with Crippen LogP contribution in [0.2, 0.25) is 0 Å². The largest absolute Gasteiger partial charge is 0.358 e. The lowest BCUT2D eigenvalue weighted by Gasteiger charge is -2.45. The molecule has 2 fully saturated rings. The van der Waals surface area contributed by atoms with E-state index in [1.807, 2.05) is 24.3 Å². The number of carbonyl (C=O) groups excluding carboxylic acids is 1. The highest BCUT2D eigenvalue weighted by Gasteiger charge is 2.34. The number of fused-ring (bicyclic) bond motifs is 5. The fourth-order valence-corrected chi connectivity index (χ4v) is 5.76. The molecule has 3 aliphatic rings. The Bertz CT molecular complexity index is 986. The summed E-state index contributed by atoms with van der Waals surface area (Å²) in [5.74, 6) is 2.65. The normalized spacial score (nSPS) is 29.8. The molecule has 0 radical (unpaired) electrons. The molecule has 2 aliphatic heterocycles. The zero-order valence-corrected chi connectivity index (χ0v) is 20.3. The van der Waals surface area contributed by atoms with Crippen molar-refractivity contribution in [3.63, 3.8) is 0 Å². The van der Waals surface area contributed by atoms with Crippen molar-refractivity contribution < 1.29 is 4.79 Å². The summed E-state index contributed by atoms with van der Waals surface area (Å²) in [5.41, 5.74) is 0.929. The van der Waals surface area contributed by atoms with Crippen molar-refractivity contribution in [3.05, 3.63) is 30.1 Å². The van der Waals surface area contributed by atoms with E-state index < -0.39 is 0 Å². The van der Waals surface area contributed by atoms with Crippen LogP contribution < -0.4 is 10.6 Å². The van der Waals surface area contributed by atoms with E-state index in [9.17, 15) is 4.79 Å². The van der Waals surface area contributed by atoms with Crippen molar-refractivity contribution >= 4 is 22.6 Å². The number of para-hydroxylation sites is 1. The first-order valence-electron chi connectivity index (χ1n) is 12.8. The van der Waals surface area contributed by atoms with Gasteiger partial charge in [0.2, 0.25) is 5.91 Å². The Morgan fingerprint density at radius 1 is 1.00 bits per heavy atom. The molecule has 5 rings (SSSR count). The molecule has 7 heteroatoms. The molecule has 178 valence electrons. The summed E-state index contributed by atoms with van der Waals surface area (Å²) in [7, 11) is 0. The van der Waals surface area contributed by atoms with Crippen molar-refractivity contribution in [3.8, 4) is 0 Å². The van der Waals surface area contributed by atoms with E-state index in [0.717, 1.165) is 48.1 Å². The zero-order chi connectivity index (χ0) is 22.9. The Morgan fingerprint density at radius 3 is 2.55 bits per heavy atom. The number of anilines is 1. The quantitative estimate of drug-likeness (QED) is 0.732. The summed E-state index contributed by atoms with van der Waals surface area (Å²) in [6, 6.07) is 8.71. The topological polar surface area (TPSA) is 73.4 Å². The van der Waals surface area contributed by atoms with Crippen molar-refractivity contribution in [1.29, 1.82) is 0 Å². The molecule has 1 aromatic heterocycles. The number of hydrogen-bond acceptors (Lipinski definition) is 6. The molecule has 1 unspecified atom stereocenters. The summed E-state index contributed by atoms with van der Waals surface area (Å²) >= 11 is 0. The average molecular weight is 451 g/mol. The van der Waals surface area contributed by atoms with Crippen LogP contribution in [0.1, 0.15) is 52.3 Å². The predicted octanol–water partition coefficient (Wildman–Crippen LogP) is 3.26. The second-order valence-electron chi connectivity index (χ2n) is 10.6. The summed E-state index contributed by atoms with van der Waals surface area (Å²) in [4.78, 5) is 28.2. The van der Waals surface area contributed by atoms with Crippen LogP contribution in [0.15, 0.2) is 24.3 Å². The molecular formula is C26H38N6O. The lowest BCUT2D eigenvalue weighted by atomic mass is 9.86. The number of nitrogens with zero attached hydrogens (tertiary/aromatic N) is 4. The first-order valence-corrected chi connectivity index (χ1v) is 12.8. The Kier molecular flexibility index (Phi) is 6.52. The molecule has 1 amide bonds. The maximum absolute atomic E-state index is 13.3. The molecule has 33 heavy (non-hydrogen) atoms. The highest BCUT2D eigenvalue weighted by Crippen LogP contribution is 2.29. The van der Waals surface area contributed by atoms with Gasteiger partial charge in [0.25, 0.3) is 0 Å². The van der Waals surface area contributed by atoms with Crippen LogP contribution in [0, 0.1) is 11.8 Å². The molecule has 1 aromatic carbocycles. The molecule has 1 saturated carbocycles. The van der Waals surface area contributed by atoms with Gasteiger partial charge >= 0.3 is 0 Å². The van der Waals surface area contributed by atoms with Crippen LogP contribution in [0.25, 0.3) is 10.9 Å². The third-order valence-corrected chi connectivity index (χ3v) is 7.89. The average Bonchev–Trinajstić information content (AvgIpc) is 2.83. The molecule has 2 aromatic rings. The van der Waals surface area contributed by atoms with Gasteiger partial charge in [0.05, 0.1) is 12.1 Å². The Morgan fingerprint density at radius 2 is 1.76 bits per heavy atom. The van der Waals surface area contributed by atoms with Crippen molar-refractivity contribution in [2.24, 2.45) is 11.8 Å². The van der Waals surface area contributed by atoms with E-state index in [4.69, 9.17) is 9.97 Å². The number of rotatable bonds is 2. The van der Waals surface area contributed by atoms with Gasteiger partial charge in [-0.3, -0.25) is 14.6 Å². The van der Waals surface area contributed by atoms with Gasteiger partial charge in [0, 0.05) is 43.6 Å². The van der Waals surface area contributed by atoms with Crippen molar-refractivity contribution in [2.75, 3.05) is 31.5 Å². The van der Waals surface area contributed by atoms with Crippen molar-refractivity contribution in [1.82, 2.24) is 25.1 Å². The lowest BCUT2D eigenvalue weighted by molar-refractivity contribution is -0.123. The van der Waals surface area contributed by atoms with Crippen LogP contribution in [-0.2, 0) is 11.3 Å². The molecule has 2 atom stereocenters.